The number of nitrogens with one attached hydrogen (secondary N) is 1. The molecule has 136 valence electrons. The van der Waals surface area contributed by atoms with Crippen molar-refractivity contribution in [2.45, 2.75) is 0 Å². The number of fused-ring (bicyclic) bond motifs is 1. The van der Waals surface area contributed by atoms with Crippen molar-refractivity contribution in [1.82, 2.24) is 4.68 Å². The van der Waals surface area contributed by atoms with Crippen LogP contribution < -0.4 is 14.9 Å². The van der Waals surface area contributed by atoms with Gasteiger partial charge in [0.2, 0.25) is 4.80 Å². The van der Waals surface area contributed by atoms with Crippen molar-refractivity contribution in [2.24, 2.45) is 10.1 Å². The molecule has 0 bridgehead atoms. The van der Waals surface area contributed by atoms with Gasteiger partial charge >= 0.3 is 0 Å². The Morgan fingerprint density at radius 1 is 1.30 bits per heavy atom. The zero-order valence-electron chi connectivity index (χ0n) is 14.3. The van der Waals surface area contributed by atoms with Crippen LogP contribution in [-0.4, -0.2) is 30.5 Å². The SMILES string of the molecule is CN=c1scc(-c2ccc3c(c2)NC(=O)CO3)n1/N=C/c1ccccc1Br. The minimum absolute atomic E-state index is 0.0416. The molecule has 3 aromatic rings. The zero-order chi connectivity index (χ0) is 18.8. The minimum Gasteiger partial charge on any atom is -0.482 e. The molecule has 8 heteroatoms. The molecule has 0 unspecified atom stereocenters. The van der Waals surface area contributed by atoms with Gasteiger partial charge in [0.25, 0.3) is 5.91 Å². The summed E-state index contributed by atoms with van der Waals surface area (Å²) in [5, 5.41) is 9.46. The highest BCUT2D eigenvalue weighted by atomic mass is 79.9. The summed E-state index contributed by atoms with van der Waals surface area (Å²) >= 11 is 5.03. The summed E-state index contributed by atoms with van der Waals surface area (Å²) < 4.78 is 8.19. The number of amides is 1. The summed E-state index contributed by atoms with van der Waals surface area (Å²) in [5.41, 5.74) is 3.42. The Labute approximate surface area is 168 Å². The monoisotopic (exact) mass is 442 g/mol. The summed E-state index contributed by atoms with van der Waals surface area (Å²) in [7, 11) is 1.74. The molecule has 0 atom stereocenters. The standard InChI is InChI=1S/C19H15BrN4O2S/c1-21-19-24(22-9-13-4-2-3-5-14(13)20)16(11-27-19)12-6-7-17-15(8-12)23-18(25)10-26-17/h2-9,11H,10H2,1H3,(H,23,25)/b21-19?,22-9+. The average Bonchev–Trinajstić information content (AvgIpc) is 3.09. The normalized spacial score (nSPS) is 14.1. The highest BCUT2D eigenvalue weighted by molar-refractivity contribution is 9.10. The topological polar surface area (TPSA) is 68.0 Å². The van der Waals surface area contributed by atoms with E-state index in [2.05, 4.69) is 31.3 Å². The third kappa shape index (κ3) is 3.58. The van der Waals surface area contributed by atoms with Crippen molar-refractivity contribution in [3.63, 3.8) is 0 Å². The Morgan fingerprint density at radius 2 is 2.15 bits per heavy atom. The molecule has 1 aliphatic rings. The van der Waals surface area contributed by atoms with Gasteiger partial charge in [-0.1, -0.05) is 34.1 Å². The molecule has 0 spiro atoms. The van der Waals surface area contributed by atoms with Crippen molar-refractivity contribution in [3.8, 4) is 17.0 Å². The van der Waals surface area contributed by atoms with Gasteiger partial charge in [-0.2, -0.15) is 5.10 Å². The zero-order valence-corrected chi connectivity index (χ0v) is 16.8. The summed E-state index contributed by atoms with van der Waals surface area (Å²) in [6.07, 6.45) is 1.79. The van der Waals surface area contributed by atoms with E-state index in [1.54, 1.807) is 17.9 Å². The van der Waals surface area contributed by atoms with Crippen molar-refractivity contribution in [1.29, 1.82) is 0 Å². The molecule has 0 saturated heterocycles. The summed E-state index contributed by atoms with van der Waals surface area (Å²) in [4.78, 5) is 16.7. The summed E-state index contributed by atoms with van der Waals surface area (Å²) in [5.74, 6) is 0.506. The largest absolute Gasteiger partial charge is 0.482 e. The molecule has 0 aliphatic carbocycles. The van der Waals surface area contributed by atoms with Crippen LogP contribution in [0.1, 0.15) is 5.56 Å². The van der Waals surface area contributed by atoms with Crippen LogP contribution in [0.3, 0.4) is 0 Å². The first-order valence-corrected chi connectivity index (χ1v) is 9.82. The number of carbonyl (C=O) groups is 1. The van der Waals surface area contributed by atoms with Gasteiger partial charge in [-0.05, 0) is 24.3 Å². The molecular weight excluding hydrogens is 428 g/mol. The highest BCUT2D eigenvalue weighted by Crippen LogP contribution is 2.32. The number of hydrogen-bond acceptors (Lipinski definition) is 5. The number of ether oxygens (including phenoxy) is 1. The van der Waals surface area contributed by atoms with Gasteiger partial charge in [-0.15, -0.1) is 11.3 Å². The van der Waals surface area contributed by atoms with Gasteiger partial charge in [0, 0.05) is 28.0 Å². The maximum Gasteiger partial charge on any atom is 0.262 e. The second-order valence-corrected chi connectivity index (χ2v) is 7.44. The summed E-state index contributed by atoms with van der Waals surface area (Å²) in [6.45, 7) is 0.0416. The average molecular weight is 443 g/mol. The number of nitrogens with zero attached hydrogens (tertiary/aromatic N) is 3. The van der Waals surface area contributed by atoms with Gasteiger partial charge in [0.1, 0.15) is 5.75 Å². The van der Waals surface area contributed by atoms with Gasteiger partial charge in [-0.3, -0.25) is 9.79 Å². The number of aromatic nitrogens is 1. The first kappa shape index (κ1) is 17.7. The van der Waals surface area contributed by atoms with E-state index >= 15 is 0 Å². The third-order valence-electron chi connectivity index (χ3n) is 4.00. The second-order valence-electron chi connectivity index (χ2n) is 5.75. The van der Waals surface area contributed by atoms with Crippen LogP contribution in [-0.2, 0) is 4.79 Å². The number of benzene rings is 2. The van der Waals surface area contributed by atoms with Crippen LogP contribution in [0.15, 0.2) is 62.4 Å². The first-order valence-electron chi connectivity index (χ1n) is 8.15. The van der Waals surface area contributed by atoms with Crippen LogP contribution in [0.4, 0.5) is 5.69 Å². The first-order chi connectivity index (χ1) is 13.2. The molecule has 27 heavy (non-hydrogen) atoms. The molecule has 0 saturated carbocycles. The fourth-order valence-electron chi connectivity index (χ4n) is 2.70. The van der Waals surface area contributed by atoms with Crippen molar-refractivity contribution >= 4 is 45.1 Å². The molecule has 2 aromatic carbocycles. The maximum atomic E-state index is 11.6. The lowest BCUT2D eigenvalue weighted by atomic mass is 10.1. The Morgan fingerprint density at radius 3 is 2.96 bits per heavy atom. The van der Waals surface area contributed by atoms with Crippen molar-refractivity contribution < 1.29 is 9.53 Å². The Kier molecular flexibility index (Phi) is 4.91. The number of hydrogen-bond donors (Lipinski definition) is 1. The van der Waals surface area contributed by atoms with Gasteiger partial charge in [0.05, 0.1) is 17.6 Å². The predicted octanol–water partition coefficient (Wildman–Crippen LogP) is 3.72. The van der Waals surface area contributed by atoms with Crippen LogP contribution in [0.2, 0.25) is 0 Å². The smallest absolute Gasteiger partial charge is 0.262 e. The lowest BCUT2D eigenvalue weighted by Crippen LogP contribution is -2.25. The van der Waals surface area contributed by atoms with Gasteiger partial charge in [0.15, 0.2) is 6.61 Å². The lowest BCUT2D eigenvalue weighted by Gasteiger charge is -2.18. The minimum atomic E-state index is -0.158. The number of anilines is 1. The quantitative estimate of drug-likeness (QED) is 0.627. The highest BCUT2D eigenvalue weighted by Gasteiger charge is 2.17. The van der Waals surface area contributed by atoms with E-state index in [0.717, 1.165) is 26.1 Å². The van der Waals surface area contributed by atoms with Gasteiger partial charge < -0.3 is 10.1 Å². The van der Waals surface area contributed by atoms with E-state index in [4.69, 9.17) is 4.74 Å². The molecule has 6 nitrogen and oxygen atoms in total. The van der Waals surface area contributed by atoms with E-state index in [0.29, 0.717) is 11.4 Å². The fraction of sp³-hybridized carbons (Fsp3) is 0.105. The Bertz CT molecular complexity index is 1120. The lowest BCUT2D eigenvalue weighted by molar-refractivity contribution is -0.118. The molecule has 0 fully saturated rings. The Hall–Kier alpha value is -2.71. The molecular formula is C19H15BrN4O2S. The van der Waals surface area contributed by atoms with Crippen LogP contribution >= 0.6 is 27.3 Å². The van der Waals surface area contributed by atoms with Gasteiger partial charge in [-0.25, -0.2) is 4.68 Å². The Balaban J connectivity index is 1.77. The molecule has 4 rings (SSSR count). The molecule has 1 aliphatic heterocycles. The second kappa shape index (κ2) is 7.50. The molecule has 1 aromatic heterocycles. The number of rotatable bonds is 3. The molecule has 1 N–H and O–H groups in total. The van der Waals surface area contributed by atoms with E-state index in [9.17, 15) is 4.79 Å². The predicted molar refractivity (Wildman–Crippen MR) is 110 cm³/mol. The number of carbonyl (C=O) groups excluding carboxylic acids is 1. The number of thiazole rings is 1. The fourth-order valence-corrected chi connectivity index (χ4v) is 3.89. The van der Waals surface area contributed by atoms with Crippen molar-refractivity contribution in [2.75, 3.05) is 19.0 Å². The number of halogens is 1. The van der Waals surface area contributed by atoms with Crippen LogP contribution in [0.25, 0.3) is 11.3 Å². The summed E-state index contributed by atoms with van der Waals surface area (Å²) in [6, 6.07) is 13.6. The molecule has 1 amide bonds. The van der Waals surface area contributed by atoms with Crippen molar-refractivity contribution in [3.05, 3.63) is 62.7 Å². The van der Waals surface area contributed by atoms with Crippen LogP contribution in [0, 0.1) is 0 Å². The van der Waals surface area contributed by atoms with Crippen LogP contribution in [0.5, 0.6) is 5.75 Å². The van der Waals surface area contributed by atoms with E-state index in [-0.39, 0.29) is 12.5 Å². The molecule has 2 heterocycles. The molecule has 0 radical (unpaired) electrons. The maximum absolute atomic E-state index is 11.6. The van der Waals surface area contributed by atoms with E-state index < -0.39 is 0 Å². The van der Waals surface area contributed by atoms with E-state index in [1.165, 1.54) is 11.3 Å². The van der Waals surface area contributed by atoms with E-state index in [1.807, 2.05) is 47.8 Å². The third-order valence-corrected chi connectivity index (χ3v) is 5.63.